The van der Waals surface area contributed by atoms with Crippen LogP contribution in [0.4, 0.5) is 5.82 Å². The summed E-state index contributed by atoms with van der Waals surface area (Å²) in [5.74, 6) is 0.167. The van der Waals surface area contributed by atoms with Crippen LogP contribution >= 0.6 is 22.9 Å². The van der Waals surface area contributed by atoms with Crippen molar-refractivity contribution in [2.75, 3.05) is 5.73 Å². The molecule has 3 rings (SSSR count). The van der Waals surface area contributed by atoms with E-state index in [0.29, 0.717) is 23.4 Å². The summed E-state index contributed by atoms with van der Waals surface area (Å²) in [5, 5.41) is 4.41. The number of rotatable bonds is 4. The van der Waals surface area contributed by atoms with E-state index in [1.165, 1.54) is 0 Å². The van der Waals surface area contributed by atoms with Crippen molar-refractivity contribution in [3.8, 4) is 0 Å². The van der Waals surface area contributed by atoms with E-state index < -0.39 is 0 Å². The van der Waals surface area contributed by atoms with Crippen LogP contribution in [0.15, 0.2) is 29.0 Å². The van der Waals surface area contributed by atoms with Crippen molar-refractivity contribution in [1.29, 1.82) is 0 Å². The molecule has 0 saturated heterocycles. The molecule has 0 atom stereocenters. The highest BCUT2D eigenvalue weighted by atomic mass is 35.5. The Hall–Kier alpha value is -1.59. The lowest BCUT2D eigenvalue weighted by Crippen LogP contribution is -2.33. The Morgan fingerprint density at radius 3 is 2.90 bits per heavy atom. The number of amides is 1. The molecule has 0 aliphatic heterocycles. The third-order valence-corrected chi connectivity index (χ3v) is 4.29. The van der Waals surface area contributed by atoms with E-state index in [4.69, 9.17) is 17.3 Å². The molecule has 0 bridgehead atoms. The zero-order chi connectivity index (χ0) is 14.1. The van der Waals surface area contributed by atoms with Gasteiger partial charge in [-0.25, -0.2) is 4.98 Å². The maximum atomic E-state index is 12.7. The fourth-order valence-corrected chi connectivity index (χ4v) is 2.92. The number of nitrogens with zero attached hydrogens (tertiary/aromatic N) is 2. The molecule has 6 heteroatoms. The summed E-state index contributed by atoms with van der Waals surface area (Å²) in [6.45, 7) is 0.597. The normalized spacial score (nSPS) is 14.2. The number of anilines is 1. The van der Waals surface area contributed by atoms with Gasteiger partial charge >= 0.3 is 0 Å². The number of nitrogen functional groups attached to an aromatic ring is 1. The fraction of sp³-hybridized carbons (Fsp3) is 0.286. The number of carbonyl (C=O) groups excluding carboxylic acids is 1. The van der Waals surface area contributed by atoms with Gasteiger partial charge in [0.15, 0.2) is 0 Å². The van der Waals surface area contributed by atoms with E-state index in [2.05, 4.69) is 10.4 Å². The summed E-state index contributed by atoms with van der Waals surface area (Å²) >= 11 is 7.71. The van der Waals surface area contributed by atoms with Crippen molar-refractivity contribution in [2.24, 2.45) is 0 Å². The Morgan fingerprint density at radius 2 is 2.25 bits per heavy atom. The molecule has 2 aromatic heterocycles. The van der Waals surface area contributed by atoms with Gasteiger partial charge in [-0.1, -0.05) is 11.6 Å². The topological polar surface area (TPSA) is 59.2 Å². The van der Waals surface area contributed by atoms with E-state index in [1.807, 2.05) is 16.3 Å². The summed E-state index contributed by atoms with van der Waals surface area (Å²) in [6, 6.07) is 5.54. The second-order valence-corrected chi connectivity index (χ2v) is 6.05. The van der Waals surface area contributed by atoms with Gasteiger partial charge in [0.1, 0.15) is 11.5 Å². The van der Waals surface area contributed by atoms with Crippen LogP contribution in [0.3, 0.4) is 0 Å². The molecule has 104 valence electrons. The van der Waals surface area contributed by atoms with Crippen LogP contribution in [0.2, 0.25) is 5.02 Å². The Bertz CT molecular complexity index is 625. The third kappa shape index (κ3) is 2.78. The number of hydrogen-bond acceptors (Lipinski definition) is 4. The first-order chi connectivity index (χ1) is 9.65. The van der Waals surface area contributed by atoms with Gasteiger partial charge in [0.25, 0.3) is 5.91 Å². The van der Waals surface area contributed by atoms with Crippen molar-refractivity contribution in [3.63, 3.8) is 0 Å². The Morgan fingerprint density at radius 1 is 1.45 bits per heavy atom. The summed E-state index contributed by atoms with van der Waals surface area (Å²) in [7, 11) is 0. The zero-order valence-electron chi connectivity index (χ0n) is 10.8. The van der Waals surface area contributed by atoms with Gasteiger partial charge in [-0.2, -0.15) is 11.3 Å². The molecule has 2 aromatic rings. The van der Waals surface area contributed by atoms with Gasteiger partial charge in [0, 0.05) is 12.6 Å². The molecule has 1 saturated carbocycles. The predicted molar refractivity (Wildman–Crippen MR) is 80.9 cm³/mol. The number of nitrogens with two attached hydrogens (primary N) is 1. The van der Waals surface area contributed by atoms with E-state index in [-0.39, 0.29) is 11.6 Å². The van der Waals surface area contributed by atoms with E-state index in [1.54, 1.807) is 23.5 Å². The highest BCUT2D eigenvalue weighted by Gasteiger charge is 2.34. The summed E-state index contributed by atoms with van der Waals surface area (Å²) in [5.41, 5.74) is 7.03. The van der Waals surface area contributed by atoms with E-state index in [0.717, 1.165) is 18.4 Å². The SMILES string of the molecule is Nc1ccc(Cl)c(C(=O)N(Cc2ccsc2)C2CC2)n1. The minimum absolute atomic E-state index is 0.143. The molecule has 1 aliphatic rings. The predicted octanol–water partition coefficient (Wildman–Crippen LogP) is 3.18. The van der Waals surface area contributed by atoms with E-state index >= 15 is 0 Å². The van der Waals surface area contributed by atoms with Crippen molar-refractivity contribution in [1.82, 2.24) is 9.88 Å². The van der Waals surface area contributed by atoms with Gasteiger partial charge in [-0.05, 0) is 47.4 Å². The lowest BCUT2D eigenvalue weighted by atomic mass is 10.2. The maximum Gasteiger partial charge on any atom is 0.274 e. The highest BCUT2D eigenvalue weighted by molar-refractivity contribution is 7.07. The van der Waals surface area contributed by atoms with Crippen LogP contribution in [-0.4, -0.2) is 21.8 Å². The minimum Gasteiger partial charge on any atom is -0.384 e. The molecule has 1 fully saturated rings. The molecule has 0 aromatic carbocycles. The molecular weight excluding hydrogens is 294 g/mol. The van der Waals surface area contributed by atoms with Crippen LogP contribution < -0.4 is 5.73 Å². The molecule has 2 N–H and O–H groups in total. The number of thiophene rings is 1. The van der Waals surface area contributed by atoms with Crippen LogP contribution in [0.25, 0.3) is 0 Å². The average Bonchev–Trinajstić information content (AvgIpc) is 3.15. The second-order valence-electron chi connectivity index (χ2n) is 4.86. The molecule has 20 heavy (non-hydrogen) atoms. The molecule has 0 radical (unpaired) electrons. The lowest BCUT2D eigenvalue weighted by Gasteiger charge is -2.22. The van der Waals surface area contributed by atoms with Gasteiger partial charge in [0.05, 0.1) is 5.02 Å². The van der Waals surface area contributed by atoms with Crippen molar-refractivity contribution in [2.45, 2.75) is 25.4 Å². The quantitative estimate of drug-likeness (QED) is 0.943. The number of carbonyl (C=O) groups is 1. The van der Waals surface area contributed by atoms with Gasteiger partial charge < -0.3 is 10.6 Å². The zero-order valence-corrected chi connectivity index (χ0v) is 12.3. The van der Waals surface area contributed by atoms with Crippen molar-refractivity contribution in [3.05, 3.63) is 45.2 Å². The largest absolute Gasteiger partial charge is 0.384 e. The maximum absolute atomic E-state index is 12.7. The third-order valence-electron chi connectivity index (χ3n) is 3.25. The number of aromatic nitrogens is 1. The molecule has 1 amide bonds. The lowest BCUT2D eigenvalue weighted by molar-refractivity contribution is 0.0724. The Labute approximate surface area is 126 Å². The van der Waals surface area contributed by atoms with E-state index in [9.17, 15) is 4.79 Å². The molecule has 1 aliphatic carbocycles. The van der Waals surface area contributed by atoms with Crippen LogP contribution in [-0.2, 0) is 6.54 Å². The second kappa shape index (κ2) is 5.42. The Kier molecular flexibility index (Phi) is 3.63. The average molecular weight is 308 g/mol. The smallest absolute Gasteiger partial charge is 0.274 e. The molecule has 4 nitrogen and oxygen atoms in total. The summed E-state index contributed by atoms with van der Waals surface area (Å²) < 4.78 is 0. The molecule has 0 spiro atoms. The molecule has 0 unspecified atom stereocenters. The summed E-state index contributed by atoms with van der Waals surface area (Å²) in [4.78, 5) is 18.6. The van der Waals surface area contributed by atoms with Crippen molar-refractivity contribution < 1.29 is 4.79 Å². The van der Waals surface area contributed by atoms with Gasteiger partial charge in [-0.15, -0.1) is 0 Å². The minimum atomic E-state index is -0.143. The molecule has 2 heterocycles. The first-order valence-corrected chi connectivity index (χ1v) is 7.71. The van der Waals surface area contributed by atoms with Gasteiger partial charge in [0.2, 0.25) is 0 Å². The number of halogens is 1. The Balaban J connectivity index is 1.87. The number of hydrogen-bond donors (Lipinski definition) is 1. The molecular formula is C14H14ClN3OS. The number of pyridine rings is 1. The van der Waals surface area contributed by atoms with Crippen LogP contribution in [0.1, 0.15) is 28.9 Å². The summed E-state index contributed by atoms with van der Waals surface area (Å²) in [6.07, 6.45) is 2.08. The first-order valence-electron chi connectivity index (χ1n) is 6.39. The monoisotopic (exact) mass is 307 g/mol. The van der Waals surface area contributed by atoms with Gasteiger partial charge in [-0.3, -0.25) is 4.79 Å². The first kappa shape index (κ1) is 13.4. The van der Waals surface area contributed by atoms with Crippen LogP contribution in [0.5, 0.6) is 0 Å². The van der Waals surface area contributed by atoms with Crippen molar-refractivity contribution >= 4 is 34.7 Å². The van der Waals surface area contributed by atoms with Crippen LogP contribution in [0, 0.1) is 0 Å². The fourth-order valence-electron chi connectivity index (χ4n) is 2.08. The highest BCUT2D eigenvalue weighted by Crippen LogP contribution is 2.31. The standard InChI is InChI=1S/C14H14ClN3OS/c15-11-3-4-12(16)17-13(11)14(19)18(10-1-2-10)7-9-5-6-20-8-9/h3-6,8,10H,1-2,7H2,(H2,16,17).